The van der Waals surface area contributed by atoms with E-state index in [4.69, 9.17) is 4.74 Å². The van der Waals surface area contributed by atoms with E-state index in [2.05, 4.69) is 20.2 Å². The monoisotopic (exact) mass is 340 g/mol. The molecule has 0 radical (unpaired) electrons. The number of hydrogen-bond acceptors (Lipinski definition) is 5. The second-order valence-corrected chi connectivity index (χ2v) is 6.45. The molecule has 8 nitrogen and oxygen atoms in total. The number of likely N-dealkylation sites (N-methyl/N-ethyl adjacent to an activating group) is 1. The van der Waals surface area contributed by atoms with Crippen LogP contribution in [0.4, 0.5) is 0 Å². The minimum atomic E-state index is -0.111. The fourth-order valence-electron chi connectivity index (χ4n) is 3.33. The molecule has 1 amide bonds. The molecule has 0 unspecified atom stereocenters. The van der Waals surface area contributed by atoms with Crippen molar-refractivity contribution in [3.05, 3.63) is 48.1 Å². The minimum Gasteiger partial charge on any atom is -0.376 e. The van der Waals surface area contributed by atoms with Gasteiger partial charge in [0.2, 0.25) is 0 Å². The van der Waals surface area contributed by atoms with Gasteiger partial charge in [-0.3, -0.25) is 9.89 Å². The highest BCUT2D eigenvalue weighted by atomic mass is 16.5. The Morgan fingerprint density at radius 1 is 1.48 bits per heavy atom. The van der Waals surface area contributed by atoms with Crippen molar-refractivity contribution < 1.29 is 9.53 Å². The molecule has 0 saturated carbocycles. The van der Waals surface area contributed by atoms with Gasteiger partial charge in [-0.15, -0.1) is 0 Å². The average Bonchev–Trinajstić information content (AvgIpc) is 3.33. The molecular formula is C17H20N6O2. The number of carbonyl (C=O) groups is 1. The molecule has 8 heteroatoms. The Hall–Kier alpha value is -2.74. The zero-order valence-corrected chi connectivity index (χ0v) is 14.2. The summed E-state index contributed by atoms with van der Waals surface area (Å²) in [4.78, 5) is 23.1. The fourth-order valence-corrected chi connectivity index (χ4v) is 3.33. The van der Waals surface area contributed by atoms with Gasteiger partial charge in [-0.25, -0.2) is 9.97 Å². The molecule has 0 aromatic carbocycles. The molecule has 3 aromatic heterocycles. The van der Waals surface area contributed by atoms with E-state index in [-0.39, 0.29) is 17.9 Å². The van der Waals surface area contributed by atoms with Crippen molar-refractivity contribution in [2.24, 2.45) is 0 Å². The van der Waals surface area contributed by atoms with Gasteiger partial charge in [-0.2, -0.15) is 5.10 Å². The molecule has 4 heterocycles. The Balaban J connectivity index is 1.53. The van der Waals surface area contributed by atoms with Crippen LogP contribution in [0.5, 0.6) is 0 Å². The third kappa shape index (κ3) is 2.89. The minimum absolute atomic E-state index is 0.0995. The quantitative estimate of drug-likeness (QED) is 0.776. The van der Waals surface area contributed by atoms with Crippen molar-refractivity contribution in [2.75, 3.05) is 20.2 Å². The number of amides is 1. The summed E-state index contributed by atoms with van der Waals surface area (Å²) >= 11 is 0. The van der Waals surface area contributed by atoms with Gasteiger partial charge in [0.1, 0.15) is 18.5 Å². The number of rotatable bonds is 4. The van der Waals surface area contributed by atoms with E-state index in [1.807, 2.05) is 29.7 Å². The number of H-pyrrole nitrogens is 1. The van der Waals surface area contributed by atoms with Crippen LogP contribution in [0.25, 0.3) is 5.52 Å². The predicted octanol–water partition coefficient (Wildman–Crippen LogP) is 1.41. The Labute approximate surface area is 144 Å². The molecule has 130 valence electrons. The van der Waals surface area contributed by atoms with Gasteiger partial charge in [-0.1, -0.05) is 0 Å². The zero-order chi connectivity index (χ0) is 17.4. The standard InChI is InChI=1S/C17H20N6O2/c1-11-3-5-23-10-19-15(13(23)7-11)17(24)22(2)8-14-12(4-6-25-14)16-18-9-20-21-16/h3,5,7,9-10,12,14H,4,6,8H2,1-2H3,(H,18,20,21)/t12-,14-/m1/s1. The van der Waals surface area contributed by atoms with E-state index >= 15 is 0 Å². The zero-order valence-electron chi connectivity index (χ0n) is 14.2. The van der Waals surface area contributed by atoms with Crippen LogP contribution in [0.1, 0.15) is 34.2 Å². The third-order valence-electron chi connectivity index (χ3n) is 4.69. The molecule has 3 aromatic rings. The maximum atomic E-state index is 12.9. The number of aromatic nitrogens is 5. The Bertz CT molecular complexity index is 888. The number of nitrogens with zero attached hydrogens (tertiary/aromatic N) is 5. The number of nitrogens with one attached hydrogen (secondary N) is 1. The lowest BCUT2D eigenvalue weighted by Crippen LogP contribution is -2.36. The number of fused-ring (bicyclic) bond motifs is 1. The van der Waals surface area contributed by atoms with Crippen molar-refractivity contribution in [1.29, 1.82) is 0 Å². The molecule has 1 saturated heterocycles. The SMILES string of the molecule is Cc1ccn2cnc(C(=O)N(C)C[C@H]3OCC[C@H]3c3ncn[nH]3)c2c1. The van der Waals surface area contributed by atoms with Crippen LogP contribution in [0, 0.1) is 6.92 Å². The summed E-state index contributed by atoms with van der Waals surface area (Å²) in [6.07, 6.45) is 5.85. The molecule has 1 aliphatic rings. The highest BCUT2D eigenvalue weighted by Crippen LogP contribution is 2.29. The molecule has 1 aliphatic heterocycles. The van der Waals surface area contributed by atoms with Crippen molar-refractivity contribution >= 4 is 11.4 Å². The van der Waals surface area contributed by atoms with E-state index in [1.165, 1.54) is 6.33 Å². The van der Waals surface area contributed by atoms with Crippen molar-refractivity contribution in [1.82, 2.24) is 29.5 Å². The molecule has 25 heavy (non-hydrogen) atoms. The first-order chi connectivity index (χ1) is 12.1. The van der Waals surface area contributed by atoms with Gasteiger partial charge in [0.05, 0.1) is 11.6 Å². The molecule has 1 fully saturated rings. The lowest BCUT2D eigenvalue weighted by Gasteiger charge is -2.23. The summed E-state index contributed by atoms with van der Waals surface area (Å²) in [6.45, 7) is 3.14. The largest absolute Gasteiger partial charge is 0.376 e. The molecule has 2 atom stereocenters. The highest BCUT2D eigenvalue weighted by molar-refractivity contribution is 5.98. The second-order valence-electron chi connectivity index (χ2n) is 6.45. The highest BCUT2D eigenvalue weighted by Gasteiger charge is 2.34. The molecule has 0 bridgehead atoms. The van der Waals surface area contributed by atoms with Crippen molar-refractivity contribution in [2.45, 2.75) is 25.4 Å². The maximum Gasteiger partial charge on any atom is 0.274 e. The summed E-state index contributed by atoms with van der Waals surface area (Å²) < 4.78 is 7.69. The summed E-state index contributed by atoms with van der Waals surface area (Å²) in [5.41, 5.74) is 2.37. The molecule has 1 N–H and O–H groups in total. The van der Waals surface area contributed by atoms with E-state index in [0.717, 1.165) is 23.3 Å². The third-order valence-corrected chi connectivity index (χ3v) is 4.69. The number of aromatic amines is 1. The van der Waals surface area contributed by atoms with Gasteiger partial charge in [0.25, 0.3) is 5.91 Å². The van der Waals surface area contributed by atoms with Crippen LogP contribution >= 0.6 is 0 Å². The van der Waals surface area contributed by atoms with Crippen LogP contribution in [0.2, 0.25) is 0 Å². The first-order valence-electron chi connectivity index (χ1n) is 8.29. The smallest absolute Gasteiger partial charge is 0.274 e. The number of carbonyl (C=O) groups excluding carboxylic acids is 1. The molecule has 4 rings (SSSR count). The van der Waals surface area contributed by atoms with Gasteiger partial charge in [0, 0.05) is 32.3 Å². The lowest BCUT2D eigenvalue weighted by molar-refractivity contribution is 0.0548. The first-order valence-corrected chi connectivity index (χ1v) is 8.29. The van der Waals surface area contributed by atoms with Crippen molar-refractivity contribution in [3.63, 3.8) is 0 Å². The number of pyridine rings is 1. The summed E-state index contributed by atoms with van der Waals surface area (Å²) in [5.74, 6) is 0.824. The van der Waals surface area contributed by atoms with Gasteiger partial charge in [-0.05, 0) is 31.0 Å². The fraction of sp³-hybridized carbons (Fsp3) is 0.412. The lowest BCUT2D eigenvalue weighted by atomic mass is 10.0. The first kappa shape index (κ1) is 15.8. The van der Waals surface area contributed by atoms with Crippen LogP contribution in [0.15, 0.2) is 31.0 Å². The number of hydrogen-bond donors (Lipinski definition) is 1. The van der Waals surface area contributed by atoms with Crippen LogP contribution < -0.4 is 0 Å². The summed E-state index contributed by atoms with van der Waals surface area (Å²) in [6, 6.07) is 3.96. The normalized spacial score (nSPS) is 20.2. The Morgan fingerprint density at radius 3 is 3.16 bits per heavy atom. The Kier molecular flexibility index (Phi) is 3.96. The van der Waals surface area contributed by atoms with E-state index in [0.29, 0.717) is 18.8 Å². The number of ether oxygens (including phenoxy) is 1. The van der Waals surface area contributed by atoms with Crippen LogP contribution in [-0.2, 0) is 4.74 Å². The number of aryl methyl sites for hydroxylation is 1. The van der Waals surface area contributed by atoms with Gasteiger partial charge in [0.15, 0.2) is 5.69 Å². The van der Waals surface area contributed by atoms with Crippen LogP contribution in [0.3, 0.4) is 0 Å². The van der Waals surface area contributed by atoms with E-state index < -0.39 is 0 Å². The van der Waals surface area contributed by atoms with Crippen molar-refractivity contribution in [3.8, 4) is 0 Å². The summed E-state index contributed by atoms with van der Waals surface area (Å²) in [5, 5.41) is 6.82. The second kappa shape index (κ2) is 6.29. The van der Waals surface area contributed by atoms with Crippen LogP contribution in [-0.4, -0.2) is 61.7 Å². The van der Waals surface area contributed by atoms with E-state index in [1.54, 1.807) is 18.3 Å². The molecule has 0 spiro atoms. The van der Waals surface area contributed by atoms with Gasteiger partial charge < -0.3 is 14.0 Å². The van der Waals surface area contributed by atoms with Gasteiger partial charge >= 0.3 is 0 Å². The van der Waals surface area contributed by atoms with E-state index in [9.17, 15) is 4.79 Å². The molecular weight excluding hydrogens is 320 g/mol. The predicted molar refractivity (Wildman–Crippen MR) is 90.4 cm³/mol. The number of imidazole rings is 1. The Morgan fingerprint density at radius 2 is 2.36 bits per heavy atom. The topological polar surface area (TPSA) is 88.4 Å². The average molecular weight is 340 g/mol. The molecule has 0 aliphatic carbocycles. The maximum absolute atomic E-state index is 12.9. The summed E-state index contributed by atoms with van der Waals surface area (Å²) in [7, 11) is 1.78.